The molecule has 0 spiro atoms. The number of benzene rings is 2. The van der Waals surface area contributed by atoms with Crippen LogP contribution in [0.1, 0.15) is 47.7 Å². The number of amidine groups is 1. The molecule has 222 valence electrons. The van der Waals surface area contributed by atoms with Gasteiger partial charge < -0.3 is 10.0 Å². The molecule has 5 rings (SSSR count). The van der Waals surface area contributed by atoms with Crippen LogP contribution in [0, 0.1) is 5.92 Å². The molecule has 1 aromatic heterocycles. The lowest BCUT2D eigenvalue weighted by Gasteiger charge is -2.30. The average molecular weight is 611 g/mol. The molecule has 3 heterocycles. The van der Waals surface area contributed by atoms with Crippen molar-refractivity contribution in [2.75, 3.05) is 13.1 Å². The minimum atomic E-state index is -4.99. The second kappa shape index (κ2) is 11.1. The van der Waals surface area contributed by atoms with E-state index in [9.17, 15) is 41.0 Å². The summed E-state index contributed by atoms with van der Waals surface area (Å²) in [4.78, 5) is 30.2. The summed E-state index contributed by atoms with van der Waals surface area (Å²) in [7, 11) is 0. The Labute approximate surface area is 239 Å². The fraction of sp³-hybridized carbons (Fsp3) is 0.357. The van der Waals surface area contributed by atoms with Gasteiger partial charge in [0, 0.05) is 18.5 Å². The quantitative estimate of drug-likeness (QED) is 0.264. The minimum absolute atomic E-state index is 0.118. The number of aliphatic imine (C=N–C) groups is 1. The van der Waals surface area contributed by atoms with Gasteiger partial charge in [-0.3, -0.25) is 14.3 Å². The van der Waals surface area contributed by atoms with Crippen LogP contribution >= 0.6 is 11.8 Å². The van der Waals surface area contributed by atoms with E-state index in [2.05, 4.69) is 10.1 Å². The van der Waals surface area contributed by atoms with Crippen LogP contribution in [0.2, 0.25) is 0 Å². The molecule has 1 fully saturated rings. The number of piperidine rings is 1. The Morgan fingerprint density at radius 1 is 1.07 bits per heavy atom. The van der Waals surface area contributed by atoms with Crippen molar-refractivity contribution in [3.8, 4) is 0 Å². The molecule has 0 aliphatic carbocycles. The van der Waals surface area contributed by atoms with E-state index in [0.717, 1.165) is 6.07 Å². The fourth-order valence-corrected chi connectivity index (χ4v) is 6.02. The summed E-state index contributed by atoms with van der Waals surface area (Å²) in [5.74, 6) is -1.68. The number of halogens is 6. The zero-order valence-corrected chi connectivity index (χ0v) is 22.9. The molecule has 0 radical (unpaired) electrons. The largest absolute Gasteiger partial charge is 0.481 e. The number of hydrogen-bond acceptors (Lipinski definition) is 5. The molecular weight excluding hydrogens is 586 g/mol. The van der Waals surface area contributed by atoms with Crippen molar-refractivity contribution < 1.29 is 41.0 Å². The molecule has 2 aliphatic heterocycles. The molecule has 1 N–H and O–H groups in total. The molecule has 0 unspecified atom stereocenters. The maximum absolute atomic E-state index is 13.7. The highest BCUT2D eigenvalue weighted by Gasteiger charge is 2.38. The number of carboxylic acid groups (broad SMARTS) is 1. The number of aryl methyl sites for hydroxylation is 1. The van der Waals surface area contributed by atoms with E-state index in [1.807, 2.05) is 11.8 Å². The number of rotatable bonds is 5. The second-order valence-electron chi connectivity index (χ2n) is 10.0. The highest BCUT2D eigenvalue weighted by molar-refractivity contribution is 8.18. The smallest absolute Gasteiger partial charge is 0.416 e. The number of carbonyl (C=O) groups is 2. The summed E-state index contributed by atoms with van der Waals surface area (Å²) in [5.41, 5.74) is -1.40. The number of alkyl halides is 6. The molecule has 2 aliphatic rings. The van der Waals surface area contributed by atoms with Crippen molar-refractivity contribution in [3.63, 3.8) is 0 Å². The van der Waals surface area contributed by atoms with Crippen LogP contribution in [0.25, 0.3) is 17.0 Å². The topological polar surface area (TPSA) is 87.8 Å². The molecular formula is C28H24F6N4O3S. The van der Waals surface area contributed by atoms with Crippen LogP contribution in [0.5, 0.6) is 0 Å². The summed E-state index contributed by atoms with van der Waals surface area (Å²) < 4.78 is 81.7. The molecule has 1 saturated heterocycles. The number of fused-ring (bicyclic) bond motifs is 1. The Balaban J connectivity index is 1.40. The standard InChI is InChI=1S/C28H24F6N4O3S/c1-2-21-19-11-15(12-23-24(39)35-26(42-23)37-9-7-16(8-10-37)25(40)41)3-6-22(19)38(36-21)14-17-4-5-18(27(29,30)31)13-20(17)28(32,33)34/h3-6,11-13,16H,2,7-10,14H2,1H3,(H,40,41). The van der Waals surface area contributed by atoms with Gasteiger partial charge in [0.25, 0.3) is 5.91 Å². The number of hydrogen-bond donors (Lipinski definition) is 1. The molecule has 3 aromatic rings. The minimum Gasteiger partial charge on any atom is -0.481 e. The van der Waals surface area contributed by atoms with E-state index >= 15 is 0 Å². The number of amides is 1. The Morgan fingerprint density at radius 2 is 1.79 bits per heavy atom. The van der Waals surface area contributed by atoms with Gasteiger partial charge in [0.15, 0.2) is 5.17 Å². The van der Waals surface area contributed by atoms with Crippen LogP contribution in [-0.4, -0.2) is 49.9 Å². The predicted octanol–water partition coefficient (Wildman–Crippen LogP) is 6.45. The van der Waals surface area contributed by atoms with Gasteiger partial charge >= 0.3 is 18.3 Å². The molecule has 14 heteroatoms. The van der Waals surface area contributed by atoms with Crippen molar-refractivity contribution in [1.29, 1.82) is 0 Å². The van der Waals surface area contributed by atoms with Gasteiger partial charge in [0.2, 0.25) is 0 Å². The van der Waals surface area contributed by atoms with Crippen LogP contribution in [0.15, 0.2) is 46.3 Å². The normalized spacial score (nSPS) is 17.9. The number of thioether (sulfide) groups is 1. The summed E-state index contributed by atoms with van der Waals surface area (Å²) in [5, 5.41) is 14.8. The Bertz CT molecular complexity index is 1620. The Morgan fingerprint density at radius 3 is 2.40 bits per heavy atom. The van der Waals surface area contributed by atoms with Gasteiger partial charge in [-0.15, -0.1) is 0 Å². The summed E-state index contributed by atoms with van der Waals surface area (Å²) in [6, 6.07) is 6.65. The fourth-order valence-electron chi connectivity index (χ4n) is 5.05. The molecule has 1 amide bonds. The lowest BCUT2D eigenvalue weighted by atomic mass is 9.98. The number of carbonyl (C=O) groups excluding carboxylic acids is 1. The SMILES string of the molecule is CCc1nn(Cc2ccc(C(F)(F)F)cc2C(F)(F)F)c2ccc(C=C3SC(N4CCC(C(=O)O)CC4)=NC3=O)cc12. The third-order valence-corrected chi connectivity index (χ3v) is 8.31. The van der Waals surface area contributed by atoms with E-state index in [1.165, 1.54) is 16.4 Å². The Kier molecular flexibility index (Phi) is 7.86. The van der Waals surface area contributed by atoms with Crippen molar-refractivity contribution >= 4 is 45.8 Å². The number of nitrogens with zero attached hydrogens (tertiary/aromatic N) is 4. The van der Waals surface area contributed by atoms with Gasteiger partial charge in [-0.1, -0.05) is 19.1 Å². The van der Waals surface area contributed by atoms with Crippen LogP contribution in [-0.2, 0) is 34.9 Å². The summed E-state index contributed by atoms with van der Waals surface area (Å²) in [6.07, 6.45) is -6.90. The van der Waals surface area contributed by atoms with Crippen molar-refractivity contribution in [2.24, 2.45) is 10.9 Å². The van der Waals surface area contributed by atoms with E-state index in [1.54, 1.807) is 24.3 Å². The molecule has 42 heavy (non-hydrogen) atoms. The number of carboxylic acids is 1. The van der Waals surface area contributed by atoms with E-state index in [4.69, 9.17) is 0 Å². The van der Waals surface area contributed by atoms with Crippen molar-refractivity contribution in [3.05, 3.63) is 69.3 Å². The van der Waals surface area contributed by atoms with E-state index < -0.39 is 47.8 Å². The first-order valence-electron chi connectivity index (χ1n) is 13.0. The van der Waals surface area contributed by atoms with Crippen LogP contribution < -0.4 is 0 Å². The summed E-state index contributed by atoms with van der Waals surface area (Å²) >= 11 is 1.19. The molecule has 2 aromatic carbocycles. The van der Waals surface area contributed by atoms with Crippen LogP contribution in [0.3, 0.4) is 0 Å². The maximum Gasteiger partial charge on any atom is 0.416 e. The van der Waals surface area contributed by atoms with E-state index in [-0.39, 0.29) is 11.6 Å². The van der Waals surface area contributed by atoms with Gasteiger partial charge in [-0.25, -0.2) is 0 Å². The van der Waals surface area contributed by atoms with Crippen molar-refractivity contribution in [2.45, 2.75) is 45.1 Å². The number of likely N-dealkylation sites (tertiary alicyclic amines) is 1. The second-order valence-corrected chi connectivity index (χ2v) is 11.0. The van der Waals surface area contributed by atoms with Gasteiger partial charge in [-0.2, -0.15) is 36.4 Å². The maximum atomic E-state index is 13.7. The lowest BCUT2D eigenvalue weighted by Crippen LogP contribution is -2.38. The average Bonchev–Trinajstić information content (AvgIpc) is 3.47. The first-order valence-corrected chi connectivity index (χ1v) is 13.8. The number of aliphatic carboxylic acids is 1. The first kappa shape index (κ1) is 29.7. The highest BCUT2D eigenvalue weighted by Crippen LogP contribution is 2.38. The zero-order valence-electron chi connectivity index (χ0n) is 22.1. The van der Waals surface area contributed by atoms with Gasteiger partial charge in [-0.05, 0) is 72.5 Å². The first-order chi connectivity index (χ1) is 19.7. The lowest BCUT2D eigenvalue weighted by molar-refractivity contribution is -0.144. The number of aromatic nitrogens is 2. The highest BCUT2D eigenvalue weighted by atomic mass is 32.2. The monoisotopic (exact) mass is 610 g/mol. The van der Waals surface area contributed by atoms with Gasteiger partial charge in [0.05, 0.1) is 39.7 Å². The third kappa shape index (κ3) is 6.03. The molecule has 0 bridgehead atoms. The Hall–Kier alpha value is -3.81. The molecule has 0 saturated carbocycles. The molecule has 0 atom stereocenters. The van der Waals surface area contributed by atoms with Gasteiger partial charge in [0.1, 0.15) is 0 Å². The predicted molar refractivity (Wildman–Crippen MR) is 145 cm³/mol. The van der Waals surface area contributed by atoms with Crippen LogP contribution in [0.4, 0.5) is 26.3 Å². The van der Waals surface area contributed by atoms with E-state index in [0.29, 0.717) is 70.7 Å². The van der Waals surface area contributed by atoms with Crippen molar-refractivity contribution in [1.82, 2.24) is 14.7 Å². The zero-order chi connectivity index (χ0) is 30.4. The molecule has 7 nitrogen and oxygen atoms in total. The summed E-state index contributed by atoms with van der Waals surface area (Å²) in [6.45, 7) is 2.38. The third-order valence-electron chi connectivity index (χ3n) is 7.27.